The van der Waals surface area contributed by atoms with Gasteiger partial charge in [0.05, 0.1) is 0 Å². The number of alkyl halides is 4. The van der Waals surface area contributed by atoms with Crippen LogP contribution in [0.1, 0.15) is 26.7 Å². The van der Waals surface area contributed by atoms with Crippen LogP contribution in [0.15, 0.2) is 0 Å². The summed E-state index contributed by atoms with van der Waals surface area (Å²) in [6.07, 6.45) is -2.92. The van der Waals surface area contributed by atoms with Gasteiger partial charge in [0.2, 0.25) is 0 Å². The Morgan fingerprint density at radius 1 is 1.20 bits per heavy atom. The van der Waals surface area contributed by atoms with E-state index < -0.39 is 25.2 Å². The first kappa shape index (κ1) is 14.6. The molecule has 15 heavy (non-hydrogen) atoms. The van der Waals surface area contributed by atoms with E-state index in [4.69, 9.17) is 4.74 Å². The van der Waals surface area contributed by atoms with E-state index in [1.807, 2.05) is 6.92 Å². The maximum absolute atomic E-state index is 12.4. The highest BCUT2D eigenvalue weighted by molar-refractivity contribution is 4.67. The molecule has 0 saturated carbocycles. The summed E-state index contributed by atoms with van der Waals surface area (Å²) in [6.45, 7) is 2.40. The third kappa shape index (κ3) is 6.67. The molecule has 0 heterocycles. The maximum atomic E-state index is 12.4. The highest BCUT2D eigenvalue weighted by Gasteiger charge is 2.41. The van der Waals surface area contributed by atoms with Gasteiger partial charge in [0.15, 0.2) is 6.29 Å². The summed E-state index contributed by atoms with van der Waals surface area (Å²) >= 11 is 0. The van der Waals surface area contributed by atoms with Crippen molar-refractivity contribution < 1.29 is 27.0 Å². The van der Waals surface area contributed by atoms with Crippen LogP contribution in [0.4, 0.5) is 17.6 Å². The van der Waals surface area contributed by atoms with E-state index in [0.717, 1.165) is 12.8 Å². The summed E-state index contributed by atoms with van der Waals surface area (Å²) in [5.41, 5.74) is 0. The van der Waals surface area contributed by atoms with E-state index in [1.165, 1.54) is 6.92 Å². The van der Waals surface area contributed by atoms with E-state index in [0.29, 0.717) is 6.61 Å². The topological polar surface area (TPSA) is 18.5 Å². The monoisotopic (exact) mass is 232 g/mol. The Hall–Kier alpha value is -0.360. The minimum absolute atomic E-state index is 0.373. The maximum Gasteiger partial charge on any atom is 0.330 e. The van der Waals surface area contributed by atoms with E-state index in [-0.39, 0.29) is 0 Å². The molecule has 6 heteroatoms. The molecule has 0 aliphatic heterocycles. The molecule has 2 nitrogen and oxygen atoms in total. The quantitative estimate of drug-likeness (QED) is 0.364. The van der Waals surface area contributed by atoms with Crippen molar-refractivity contribution in [2.24, 2.45) is 0 Å². The lowest BCUT2D eigenvalue weighted by Gasteiger charge is -2.19. The largest absolute Gasteiger partial charge is 0.353 e. The van der Waals surface area contributed by atoms with Crippen molar-refractivity contribution in [1.29, 1.82) is 0 Å². The molecule has 0 N–H and O–H groups in total. The fourth-order valence-electron chi connectivity index (χ4n) is 0.733. The van der Waals surface area contributed by atoms with Crippen LogP contribution in [0.3, 0.4) is 0 Å². The van der Waals surface area contributed by atoms with Gasteiger partial charge in [-0.15, -0.1) is 0 Å². The predicted molar refractivity (Wildman–Crippen MR) is 47.2 cm³/mol. The molecule has 0 aromatic rings. The lowest BCUT2D eigenvalue weighted by atomic mass is 10.4. The van der Waals surface area contributed by atoms with Crippen molar-refractivity contribution in [2.45, 2.75) is 45.3 Å². The predicted octanol–water partition coefficient (Wildman–Crippen LogP) is 3.07. The van der Waals surface area contributed by atoms with Crippen molar-refractivity contribution in [1.82, 2.24) is 0 Å². The van der Waals surface area contributed by atoms with E-state index in [9.17, 15) is 17.6 Å². The van der Waals surface area contributed by atoms with Crippen molar-refractivity contribution in [3.8, 4) is 0 Å². The van der Waals surface area contributed by atoms with Crippen LogP contribution < -0.4 is 0 Å². The van der Waals surface area contributed by atoms with E-state index in [1.54, 1.807) is 0 Å². The zero-order chi connectivity index (χ0) is 11.9. The average Bonchev–Trinajstić information content (AvgIpc) is 2.15. The van der Waals surface area contributed by atoms with Crippen molar-refractivity contribution in [3.63, 3.8) is 0 Å². The van der Waals surface area contributed by atoms with Crippen LogP contribution in [-0.2, 0) is 9.47 Å². The first-order valence-corrected chi connectivity index (χ1v) is 4.79. The fourth-order valence-corrected chi connectivity index (χ4v) is 0.733. The summed E-state index contributed by atoms with van der Waals surface area (Å²) in [4.78, 5) is 0. The van der Waals surface area contributed by atoms with Crippen LogP contribution in [0.5, 0.6) is 0 Å². The zero-order valence-electron chi connectivity index (χ0n) is 8.81. The molecule has 0 aromatic heterocycles. The molecule has 0 bridgehead atoms. The molecule has 92 valence electrons. The fraction of sp³-hybridized carbons (Fsp3) is 1.00. The first-order chi connectivity index (χ1) is 6.90. The lowest BCUT2D eigenvalue weighted by molar-refractivity contribution is -0.214. The summed E-state index contributed by atoms with van der Waals surface area (Å²) in [7, 11) is 0. The van der Waals surface area contributed by atoms with Gasteiger partial charge in [-0.3, -0.25) is 0 Å². The Balaban J connectivity index is 3.65. The molecular formula is C9H16F4O2. The number of unbranched alkanes of at least 4 members (excludes halogenated alkanes) is 1. The Bertz CT molecular complexity index is 164. The van der Waals surface area contributed by atoms with E-state index in [2.05, 4.69) is 4.74 Å². The van der Waals surface area contributed by atoms with Crippen molar-refractivity contribution >= 4 is 0 Å². The van der Waals surface area contributed by atoms with Crippen LogP contribution in [0.25, 0.3) is 0 Å². The van der Waals surface area contributed by atoms with Crippen LogP contribution >= 0.6 is 0 Å². The summed E-state index contributed by atoms with van der Waals surface area (Å²) in [6, 6.07) is 0. The molecule has 0 unspecified atom stereocenters. The number of hydrogen-bond donors (Lipinski definition) is 0. The molecule has 0 aromatic carbocycles. The highest BCUT2D eigenvalue weighted by atomic mass is 19.3. The number of ether oxygens (including phenoxy) is 2. The standard InChI is InChI=1S/C9H16F4O2/c1-3-4-5-14-7(2)15-6-9(12,13)8(10)11/h7-8H,3-6H2,1-2H3/t7-/m0/s1. The van der Waals surface area contributed by atoms with Gasteiger partial charge in [0.1, 0.15) is 6.61 Å². The van der Waals surface area contributed by atoms with Crippen LogP contribution in [0.2, 0.25) is 0 Å². The number of rotatable bonds is 8. The van der Waals surface area contributed by atoms with Gasteiger partial charge in [-0.1, -0.05) is 13.3 Å². The first-order valence-electron chi connectivity index (χ1n) is 4.79. The highest BCUT2D eigenvalue weighted by Crippen LogP contribution is 2.23. The molecule has 0 radical (unpaired) electrons. The molecular weight excluding hydrogens is 216 g/mol. The van der Waals surface area contributed by atoms with Gasteiger partial charge < -0.3 is 9.47 Å². The van der Waals surface area contributed by atoms with Crippen molar-refractivity contribution in [2.75, 3.05) is 13.2 Å². The smallest absolute Gasteiger partial charge is 0.330 e. The zero-order valence-corrected chi connectivity index (χ0v) is 8.81. The van der Waals surface area contributed by atoms with Gasteiger partial charge in [-0.05, 0) is 13.3 Å². The Labute approximate surface area is 86.5 Å². The molecule has 0 rings (SSSR count). The molecule has 0 spiro atoms. The molecule has 0 amide bonds. The second-order valence-corrected chi connectivity index (χ2v) is 3.16. The second-order valence-electron chi connectivity index (χ2n) is 3.16. The van der Waals surface area contributed by atoms with Gasteiger partial charge in [-0.2, -0.15) is 8.78 Å². The second kappa shape index (κ2) is 7.00. The molecule has 1 atom stereocenters. The third-order valence-corrected chi connectivity index (χ3v) is 1.68. The Kier molecular flexibility index (Phi) is 6.84. The normalized spacial score (nSPS) is 14.6. The average molecular weight is 232 g/mol. The van der Waals surface area contributed by atoms with Gasteiger partial charge in [0.25, 0.3) is 0 Å². The number of hydrogen-bond acceptors (Lipinski definition) is 2. The number of halogens is 4. The van der Waals surface area contributed by atoms with Crippen LogP contribution in [-0.4, -0.2) is 31.9 Å². The lowest BCUT2D eigenvalue weighted by Crippen LogP contribution is -2.34. The van der Waals surface area contributed by atoms with Gasteiger partial charge in [0, 0.05) is 6.61 Å². The molecule has 0 saturated heterocycles. The van der Waals surface area contributed by atoms with Gasteiger partial charge in [-0.25, -0.2) is 8.78 Å². The van der Waals surface area contributed by atoms with Crippen LogP contribution in [0, 0.1) is 0 Å². The van der Waals surface area contributed by atoms with E-state index >= 15 is 0 Å². The summed E-state index contributed by atoms with van der Waals surface area (Å²) < 4.78 is 57.5. The molecule has 0 fully saturated rings. The Morgan fingerprint density at radius 2 is 1.80 bits per heavy atom. The summed E-state index contributed by atoms with van der Waals surface area (Å²) in [5.74, 6) is -4.11. The molecule has 0 aliphatic rings. The minimum Gasteiger partial charge on any atom is -0.353 e. The third-order valence-electron chi connectivity index (χ3n) is 1.68. The SMILES string of the molecule is CCCCO[C@H](C)OCC(F)(F)C(F)F. The Morgan fingerprint density at radius 3 is 2.27 bits per heavy atom. The minimum atomic E-state index is -4.11. The van der Waals surface area contributed by atoms with Gasteiger partial charge >= 0.3 is 12.3 Å². The summed E-state index contributed by atoms with van der Waals surface area (Å²) in [5, 5.41) is 0. The molecule has 0 aliphatic carbocycles. The van der Waals surface area contributed by atoms with Crippen molar-refractivity contribution in [3.05, 3.63) is 0 Å².